The highest BCUT2D eigenvalue weighted by atomic mass is 35.5. The van der Waals surface area contributed by atoms with Crippen molar-refractivity contribution in [3.8, 4) is 11.5 Å². The van der Waals surface area contributed by atoms with E-state index in [4.69, 9.17) is 20.2 Å². The number of hydrogen-bond acceptors (Lipinski definition) is 6. The lowest BCUT2D eigenvalue weighted by Gasteiger charge is -2.22. The van der Waals surface area contributed by atoms with Crippen molar-refractivity contribution in [1.29, 1.82) is 0 Å². The van der Waals surface area contributed by atoms with Crippen LogP contribution in [0.25, 0.3) is 10.2 Å². The molecule has 0 spiro atoms. The summed E-state index contributed by atoms with van der Waals surface area (Å²) in [5.74, 6) is 1.45. The number of anilines is 1. The number of para-hydroxylation sites is 1. The molecule has 0 radical (unpaired) electrons. The molecule has 0 aliphatic heterocycles. The topological polar surface area (TPSA) is 60.6 Å². The second-order valence-electron chi connectivity index (χ2n) is 6.93. The summed E-state index contributed by atoms with van der Waals surface area (Å²) < 4.78 is 12.7. The summed E-state index contributed by atoms with van der Waals surface area (Å²) in [6.07, 6.45) is 0. The molecular weight excluding hydrogens is 430 g/mol. The molecule has 0 fully saturated rings. The number of hydrogen-bond donors (Lipinski definition) is 1. The molecule has 31 heavy (non-hydrogen) atoms. The normalized spacial score (nSPS) is 10.5. The van der Waals surface area contributed by atoms with Crippen LogP contribution in [-0.2, 0) is 13.2 Å². The highest BCUT2D eigenvalue weighted by molar-refractivity contribution is 7.22. The van der Waals surface area contributed by atoms with Crippen molar-refractivity contribution < 1.29 is 9.47 Å². The van der Waals surface area contributed by atoms with Crippen LogP contribution >= 0.6 is 23.7 Å². The van der Waals surface area contributed by atoms with Gasteiger partial charge in [0.15, 0.2) is 16.6 Å². The fraction of sp³-hybridized carbons (Fsp3) is 0.208. The minimum Gasteiger partial charge on any atom is -0.493 e. The molecule has 1 heterocycles. The van der Waals surface area contributed by atoms with E-state index in [1.165, 1.54) is 4.70 Å². The van der Waals surface area contributed by atoms with Crippen LogP contribution in [0.3, 0.4) is 0 Å². The first-order valence-corrected chi connectivity index (χ1v) is 10.7. The van der Waals surface area contributed by atoms with Gasteiger partial charge in [0, 0.05) is 19.6 Å². The molecule has 1 aromatic heterocycles. The van der Waals surface area contributed by atoms with Gasteiger partial charge in [-0.3, -0.25) is 0 Å². The molecule has 2 N–H and O–H groups in total. The van der Waals surface area contributed by atoms with Crippen LogP contribution < -0.4 is 20.1 Å². The summed E-state index contributed by atoms with van der Waals surface area (Å²) >= 11 is 1.69. The minimum atomic E-state index is 0. The Morgan fingerprint density at radius 3 is 2.45 bits per heavy atom. The maximum absolute atomic E-state index is 5.98. The maximum atomic E-state index is 5.98. The molecule has 4 aromatic rings. The number of halogens is 1. The molecule has 7 heteroatoms. The molecule has 0 unspecified atom stereocenters. The van der Waals surface area contributed by atoms with Crippen molar-refractivity contribution in [3.05, 3.63) is 83.9 Å². The average Bonchev–Trinajstić information content (AvgIpc) is 3.23. The van der Waals surface area contributed by atoms with Gasteiger partial charge in [0.25, 0.3) is 0 Å². The fourth-order valence-electron chi connectivity index (χ4n) is 3.28. The first-order chi connectivity index (χ1) is 14.8. The van der Waals surface area contributed by atoms with E-state index in [9.17, 15) is 0 Å². The molecule has 0 saturated heterocycles. The Bertz CT molecular complexity index is 1070. The Morgan fingerprint density at radius 2 is 1.71 bits per heavy atom. The van der Waals surface area contributed by atoms with E-state index < -0.39 is 0 Å². The van der Waals surface area contributed by atoms with Gasteiger partial charge in [-0.25, -0.2) is 4.98 Å². The standard InChI is InChI=1S/C24H25N3O2S.ClH/c1-28-22-15-19(11-12-21(22)29-17-18-7-3-2-4-8-18)16-27(14-13-25)24-26-20-9-5-6-10-23(20)30-24;/h2-12,15H,13-14,16-17,25H2,1H3;1H. The second kappa shape index (κ2) is 11.0. The number of nitrogens with two attached hydrogens (primary N) is 1. The van der Waals surface area contributed by atoms with E-state index in [0.29, 0.717) is 19.7 Å². The third kappa shape index (κ3) is 5.67. The SMILES string of the molecule is COc1cc(CN(CCN)c2nc3ccccc3s2)ccc1OCc1ccccc1.Cl. The third-order valence-electron chi connectivity index (χ3n) is 4.79. The van der Waals surface area contributed by atoms with E-state index in [2.05, 4.69) is 17.0 Å². The highest BCUT2D eigenvalue weighted by Gasteiger charge is 2.14. The molecule has 0 aliphatic carbocycles. The van der Waals surface area contributed by atoms with Gasteiger partial charge >= 0.3 is 0 Å². The van der Waals surface area contributed by atoms with E-state index in [1.54, 1.807) is 18.4 Å². The molecule has 162 valence electrons. The molecule has 0 bridgehead atoms. The van der Waals surface area contributed by atoms with Crippen LogP contribution in [0, 0.1) is 0 Å². The fourth-order valence-corrected chi connectivity index (χ4v) is 4.27. The number of aromatic nitrogens is 1. The maximum Gasteiger partial charge on any atom is 0.186 e. The van der Waals surface area contributed by atoms with E-state index in [0.717, 1.165) is 39.8 Å². The van der Waals surface area contributed by atoms with Crippen LogP contribution in [-0.4, -0.2) is 25.2 Å². The van der Waals surface area contributed by atoms with Crippen molar-refractivity contribution in [1.82, 2.24) is 4.98 Å². The lowest BCUT2D eigenvalue weighted by atomic mass is 10.2. The summed E-state index contributed by atoms with van der Waals surface area (Å²) in [5, 5.41) is 0.977. The first kappa shape index (κ1) is 22.9. The number of thiazole rings is 1. The number of nitrogens with zero attached hydrogens (tertiary/aromatic N) is 2. The molecule has 0 atom stereocenters. The zero-order valence-corrected chi connectivity index (χ0v) is 19.0. The number of methoxy groups -OCH3 is 1. The third-order valence-corrected chi connectivity index (χ3v) is 5.89. The quantitative estimate of drug-likeness (QED) is 0.372. The molecule has 0 amide bonds. The molecular formula is C24H26ClN3O2S. The molecule has 0 saturated carbocycles. The zero-order valence-electron chi connectivity index (χ0n) is 17.4. The van der Waals surface area contributed by atoms with Crippen molar-refractivity contribution >= 4 is 39.1 Å². The summed E-state index contributed by atoms with van der Waals surface area (Å²) in [4.78, 5) is 7.00. The van der Waals surface area contributed by atoms with Crippen LogP contribution in [0.5, 0.6) is 11.5 Å². The predicted octanol–water partition coefficient (Wildman–Crippen LogP) is 5.27. The van der Waals surface area contributed by atoms with Gasteiger partial charge in [-0.15, -0.1) is 12.4 Å². The molecule has 4 rings (SSSR count). The first-order valence-electron chi connectivity index (χ1n) is 9.91. The Kier molecular flexibility index (Phi) is 8.12. The lowest BCUT2D eigenvalue weighted by molar-refractivity contribution is 0.284. The summed E-state index contributed by atoms with van der Waals surface area (Å²) in [6, 6.07) is 24.4. The smallest absolute Gasteiger partial charge is 0.186 e. The Balaban J connectivity index is 0.00000272. The number of benzene rings is 3. The van der Waals surface area contributed by atoms with Gasteiger partial charge in [-0.2, -0.15) is 0 Å². The van der Waals surface area contributed by atoms with E-state index >= 15 is 0 Å². The van der Waals surface area contributed by atoms with Gasteiger partial charge in [0.1, 0.15) is 6.61 Å². The summed E-state index contributed by atoms with van der Waals surface area (Å²) in [5.41, 5.74) is 9.13. The minimum absolute atomic E-state index is 0. The summed E-state index contributed by atoms with van der Waals surface area (Å²) in [6.45, 7) is 2.49. The Morgan fingerprint density at radius 1 is 0.935 bits per heavy atom. The predicted molar refractivity (Wildman–Crippen MR) is 131 cm³/mol. The van der Waals surface area contributed by atoms with Crippen molar-refractivity contribution in [3.63, 3.8) is 0 Å². The number of ether oxygens (including phenoxy) is 2. The van der Waals surface area contributed by atoms with Crippen molar-refractivity contribution in [2.24, 2.45) is 5.73 Å². The second-order valence-corrected chi connectivity index (χ2v) is 7.94. The highest BCUT2D eigenvalue weighted by Crippen LogP contribution is 2.32. The van der Waals surface area contributed by atoms with Crippen LogP contribution in [0.4, 0.5) is 5.13 Å². The molecule has 5 nitrogen and oxygen atoms in total. The van der Waals surface area contributed by atoms with E-state index in [1.807, 2.05) is 60.7 Å². The molecule has 0 aliphatic rings. The largest absolute Gasteiger partial charge is 0.493 e. The van der Waals surface area contributed by atoms with Crippen LogP contribution in [0.1, 0.15) is 11.1 Å². The zero-order chi connectivity index (χ0) is 20.8. The van der Waals surface area contributed by atoms with Gasteiger partial charge in [0.05, 0.1) is 17.3 Å². The van der Waals surface area contributed by atoms with Gasteiger partial charge in [0.2, 0.25) is 0 Å². The van der Waals surface area contributed by atoms with E-state index in [-0.39, 0.29) is 12.4 Å². The summed E-state index contributed by atoms with van der Waals surface area (Å²) in [7, 11) is 1.67. The average molecular weight is 456 g/mol. The monoisotopic (exact) mass is 455 g/mol. The lowest BCUT2D eigenvalue weighted by Crippen LogP contribution is -2.28. The van der Waals surface area contributed by atoms with Crippen molar-refractivity contribution in [2.75, 3.05) is 25.1 Å². The Labute approximate surface area is 192 Å². The van der Waals surface area contributed by atoms with Crippen molar-refractivity contribution in [2.45, 2.75) is 13.2 Å². The van der Waals surface area contributed by atoms with Gasteiger partial charge in [-0.05, 0) is 35.4 Å². The Hall–Kier alpha value is -2.80. The molecule has 3 aromatic carbocycles. The van der Waals surface area contributed by atoms with Crippen LogP contribution in [0.15, 0.2) is 72.8 Å². The van der Waals surface area contributed by atoms with Gasteiger partial charge < -0.3 is 20.1 Å². The van der Waals surface area contributed by atoms with Crippen LogP contribution in [0.2, 0.25) is 0 Å². The number of fused-ring (bicyclic) bond motifs is 1. The number of rotatable bonds is 9. The van der Waals surface area contributed by atoms with Gasteiger partial charge in [-0.1, -0.05) is 59.9 Å².